The minimum atomic E-state index is -0.609. The first-order valence-corrected chi connectivity index (χ1v) is 5.45. The maximum Gasteiger partial charge on any atom is 0.361 e. The number of para-hydroxylation sites is 2. The average molecular weight is 250 g/mol. The predicted octanol–water partition coefficient (Wildman–Crippen LogP) is 0.745. The molecule has 1 aromatic carbocycles. The Balaban J connectivity index is 2.97. The van der Waals surface area contributed by atoms with E-state index in [0.29, 0.717) is 10.2 Å². The molecule has 0 saturated carbocycles. The lowest BCUT2D eigenvalue weighted by atomic mass is 10.2. The van der Waals surface area contributed by atoms with Crippen molar-refractivity contribution in [3.63, 3.8) is 0 Å². The Labute approximate surface area is 102 Å². The van der Waals surface area contributed by atoms with Crippen LogP contribution >= 0.6 is 11.6 Å². The summed E-state index contributed by atoms with van der Waals surface area (Å²) < 4.78 is 1.71. The maximum atomic E-state index is 11.9. The highest BCUT2D eigenvalue weighted by molar-refractivity contribution is 6.17. The van der Waals surface area contributed by atoms with Gasteiger partial charge in [0, 0.05) is 18.5 Å². The highest BCUT2D eigenvalue weighted by atomic mass is 35.5. The van der Waals surface area contributed by atoms with E-state index in [4.69, 9.17) is 16.9 Å². The van der Waals surface area contributed by atoms with Crippen molar-refractivity contribution < 1.29 is 4.73 Å². The highest BCUT2D eigenvalue weighted by Gasteiger charge is 2.19. The number of benzene rings is 1. The van der Waals surface area contributed by atoms with Gasteiger partial charge in [0.25, 0.3) is 0 Å². The zero-order chi connectivity index (χ0) is 12.4. The van der Waals surface area contributed by atoms with Crippen LogP contribution in [0, 0.1) is 16.5 Å². The monoisotopic (exact) mass is 249 g/mol. The lowest BCUT2D eigenvalue weighted by Gasteiger charge is -2.09. The molecule has 6 heteroatoms. The first-order chi connectivity index (χ1) is 8.20. The summed E-state index contributed by atoms with van der Waals surface area (Å²) in [6.45, 7) is 0.260. The quantitative estimate of drug-likeness (QED) is 0.448. The fourth-order valence-electron chi connectivity index (χ4n) is 1.71. The van der Waals surface area contributed by atoms with Crippen molar-refractivity contribution in [1.82, 2.24) is 4.57 Å². The van der Waals surface area contributed by atoms with Crippen molar-refractivity contribution in [3.05, 3.63) is 45.5 Å². The largest absolute Gasteiger partial charge is 0.617 e. The number of aromatic nitrogens is 2. The van der Waals surface area contributed by atoms with Gasteiger partial charge in [0.15, 0.2) is 6.07 Å². The van der Waals surface area contributed by atoms with E-state index in [-0.39, 0.29) is 17.9 Å². The molecule has 0 spiro atoms. The second-order valence-corrected chi connectivity index (χ2v) is 3.77. The normalized spacial score (nSPS) is 10.4. The van der Waals surface area contributed by atoms with Crippen LogP contribution in [0.4, 0.5) is 0 Å². The van der Waals surface area contributed by atoms with E-state index in [1.165, 1.54) is 4.57 Å². The zero-order valence-corrected chi connectivity index (χ0v) is 9.52. The van der Waals surface area contributed by atoms with Gasteiger partial charge in [-0.15, -0.1) is 16.3 Å². The molecule has 0 N–H and O–H groups in total. The van der Waals surface area contributed by atoms with Gasteiger partial charge in [0.05, 0.1) is 0 Å². The molecule has 86 valence electrons. The molecule has 5 nitrogen and oxygen atoms in total. The summed E-state index contributed by atoms with van der Waals surface area (Å²) in [7, 11) is 0. The Hall–Kier alpha value is -2.06. The van der Waals surface area contributed by atoms with Crippen molar-refractivity contribution in [3.8, 4) is 6.07 Å². The van der Waals surface area contributed by atoms with Crippen LogP contribution < -0.4 is 10.3 Å². The van der Waals surface area contributed by atoms with E-state index >= 15 is 0 Å². The van der Waals surface area contributed by atoms with E-state index < -0.39 is 11.3 Å². The summed E-state index contributed by atoms with van der Waals surface area (Å²) in [5, 5.41) is 20.6. The molecule has 2 rings (SSSR count). The SMILES string of the molecule is N#Cc1c(=O)n(CCCl)c2ccccc2[n+]1[O-]. The summed E-state index contributed by atoms with van der Waals surface area (Å²) in [5.41, 5.74) is -0.281. The van der Waals surface area contributed by atoms with Gasteiger partial charge in [-0.3, -0.25) is 9.36 Å². The molecule has 1 aromatic heterocycles. The first-order valence-electron chi connectivity index (χ1n) is 4.92. The lowest BCUT2D eigenvalue weighted by Crippen LogP contribution is -2.42. The zero-order valence-electron chi connectivity index (χ0n) is 8.76. The maximum absolute atomic E-state index is 11.9. The second-order valence-electron chi connectivity index (χ2n) is 3.39. The molecule has 0 bridgehead atoms. The molecule has 0 unspecified atom stereocenters. The van der Waals surface area contributed by atoms with Crippen LogP contribution in [0.15, 0.2) is 29.1 Å². The van der Waals surface area contributed by atoms with Crippen LogP contribution in [0.5, 0.6) is 0 Å². The van der Waals surface area contributed by atoms with Crippen molar-refractivity contribution in [2.45, 2.75) is 6.54 Å². The molecule has 0 radical (unpaired) electrons. The highest BCUT2D eigenvalue weighted by Crippen LogP contribution is 2.08. The number of rotatable bonds is 2. The average Bonchev–Trinajstić information content (AvgIpc) is 2.35. The molecule has 0 aliphatic heterocycles. The fraction of sp³-hybridized carbons (Fsp3) is 0.182. The van der Waals surface area contributed by atoms with Crippen LogP contribution in [0.1, 0.15) is 5.69 Å². The van der Waals surface area contributed by atoms with Crippen LogP contribution in [0.2, 0.25) is 0 Å². The Bertz CT molecular complexity index is 673. The lowest BCUT2D eigenvalue weighted by molar-refractivity contribution is -0.581. The first kappa shape index (κ1) is 11.4. The smallest absolute Gasteiger partial charge is 0.361 e. The number of aryl methyl sites for hydroxylation is 1. The van der Waals surface area contributed by atoms with E-state index in [1.54, 1.807) is 30.3 Å². The molecule has 17 heavy (non-hydrogen) atoms. The van der Waals surface area contributed by atoms with Gasteiger partial charge in [-0.05, 0) is 6.07 Å². The third-order valence-corrected chi connectivity index (χ3v) is 2.63. The van der Waals surface area contributed by atoms with Gasteiger partial charge in [-0.1, -0.05) is 12.1 Å². The van der Waals surface area contributed by atoms with Gasteiger partial charge in [-0.2, -0.15) is 5.26 Å². The summed E-state index contributed by atoms with van der Waals surface area (Å²) in [6, 6.07) is 8.24. The third-order valence-electron chi connectivity index (χ3n) is 2.46. The molecule has 0 amide bonds. The second kappa shape index (κ2) is 4.44. The molecule has 0 saturated heterocycles. The predicted molar refractivity (Wildman–Crippen MR) is 62.6 cm³/mol. The van der Waals surface area contributed by atoms with Gasteiger partial charge in [0.2, 0.25) is 5.52 Å². The van der Waals surface area contributed by atoms with Crippen molar-refractivity contribution in [1.29, 1.82) is 5.26 Å². The van der Waals surface area contributed by atoms with Gasteiger partial charge in [-0.25, -0.2) is 0 Å². The summed E-state index contributed by atoms with van der Waals surface area (Å²) >= 11 is 5.62. The molecule has 0 aliphatic rings. The van der Waals surface area contributed by atoms with Crippen LogP contribution in [0.25, 0.3) is 11.0 Å². The molecular weight excluding hydrogens is 242 g/mol. The Kier molecular flexibility index (Phi) is 2.98. The number of fused-ring (bicyclic) bond motifs is 1. The number of hydrogen-bond donors (Lipinski definition) is 0. The molecule has 2 aromatic rings. The van der Waals surface area contributed by atoms with E-state index in [2.05, 4.69) is 0 Å². The van der Waals surface area contributed by atoms with Crippen LogP contribution in [0.3, 0.4) is 0 Å². The van der Waals surface area contributed by atoms with Crippen molar-refractivity contribution in [2.75, 3.05) is 5.88 Å². The third kappa shape index (κ3) is 1.73. The van der Waals surface area contributed by atoms with E-state index in [0.717, 1.165) is 0 Å². The van der Waals surface area contributed by atoms with Gasteiger partial charge in [0.1, 0.15) is 5.52 Å². The molecular formula is C11H8ClN3O2. The van der Waals surface area contributed by atoms with Crippen LogP contribution in [-0.4, -0.2) is 10.4 Å². The standard InChI is InChI=1S/C11H8ClN3O2/c12-5-6-14-8-3-1-2-4-9(8)15(17)10(7-13)11(14)16/h1-4H,5-6H2. The Morgan fingerprint density at radius 1 is 1.47 bits per heavy atom. The number of hydrogen-bond acceptors (Lipinski definition) is 3. The summed E-state index contributed by atoms with van der Waals surface area (Å²) in [5.74, 6) is 0.234. The molecule has 0 fully saturated rings. The molecule has 0 aliphatic carbocycles. The molecule has 0 atom stereocenters. The van der Waals surface area contributed by atoms with Crippen molar-refractivity contribution in [2.24, 2.45) is 0 Å². The summed E-state index contributed by atoms with van der Waals surface area (Å²) in [6.07, 6.45) is 0. The minimum absolute atomic E-state index is 0.234. The minimum Gasteiger partial charge on any atom is -0.617 e. The molecule has 1 heterocycles. The topological polar surface area (TPSA) is 72.7 Å². The Morgan fingerprint density at radius 2 is 2.18 bits per heavy atom. The number of nitriles is 1. The van der Waals surface area contributed by atoms with Gasteiger partial charge < -0.3 is 5.21 Å². The van der Waals surface area contributed by atoms with Crippen molar-refractivity contribution >= 4 is 22.6 Å². The van der Waals surface area contributed by atoms with Crippen LogP contribution in [-0.2, 0) is 6.54 Å². The van der Waals surface area contributed by atoms with E-state index in [9.17, 15) is 10.0 Å². The fourth-order valence-corrected chi connectivity index (χ4v) is 1.88. The summed E-state index contributed by atoms with van der Waals surface area (Å²) in [4.78, 5) is 11.9. The van der Waals surface area contributed by atoms with Gasteiger partial charge >= 0.3 is 11.3 Å². The van der Waals surface area contributed by atoms with E-state index in [1.807, 2.05) is 0 Å². The Morgan fingerprint density at radius 3 is 2.82 bits per heavy atom. The number of nitrogens with zero attached hydrogens (tertiary/aromatic N) is 3. The number of halogens is 1. The number of alkyl halides is 1.